The fourth-order valence-electron chi connectivity index (χ4n) is 3.81. The highest BCUT2D eigenvalue weighted by molar-refractivity contribution is 6.30. The Balaban J connectivity index is 1.90. The Hall–Kier alpha value is -3.96. The summed E-state index contributed by atoms with van der Waals surface area (Å²) in [6.45, 7) is 6.84. The van der Waals surface area contributed by atoms with Crippen molar-refractivity contribution in [3.63, 3.8) is 0 Å². The first-order valence-electron chi connectivity index (χ1n) is 11.0. The summed E-state index contributed by atoms with van der Waals surface area (Å²) in [5.41, 5.74) is 0.385. The number of rotatable bonds is 11. The summed E-state index contributed by atoms with van der Waals surface area (Å²) in [5, 5.41) is 10.1. The number of hydrogen-bond donors (Lipinski definition) is 1. The van der Waals surface area contributed by atoms with E-state index < -0.39 is 35.5 Å². The molecule has 3 aromatic rings. The van der Waals surface area contributed by atoms with Crippen molar-refractivity contribution in [2.45, 2.75) is 32.4 Å². The minimum atomic E-state index is -1.12. The predicted molar refractivity (Wildman–Crippen MR) is 132 cm³/mol. The van der Waals surface area contributed by atoms with Crippen LogP contribution in [-0.4, -0.2) is 32.5 Å². The third-order valence-electron chi connectivity index (χ3n) is 5.55. The Morgan fingerprint density at radius 1 is 1.03 bits per heavy atom. The molecular weight excluding hydrogens is 470 g/mol. The van der Waals surface area contributed by atoms with Crippen LogP contribution in [0.3, 0.4) is 0 Å². The molecule has 0 bridgehead atoms. The molecule has 0 aliphatic rings. The Morgan fingerprint density at radius 2 is 1.71 bits per heavy atom. The molecule has 0 saturated carbocycles. The van der Waals surface area contributed by atoms with E-state index in [1.165, 1.54) is 10.6 Å². The number of carbonyl (C=O) groups is 2. The van der Waals surface area contributed by atoms with Gasteiger partial charge in [0.25, 0.3) is 5.56 Å². The smallest absolute Gasteiger partial charge is 0.331 e. The van der Waals surface area contributed by atoms with Crippen LogP contribution in [0.4, 0.5) is 0 Å². The molecule has 1 N–H and O–H groups in total. The van der Waals surface area contributed by atoms with Crippen molar-refractivity contribution in [2.75, 3.05) is 6.54 Å². The molecule has 1 heterocycles. The van der Waals surface area contributed by atoms with Gasteiger partial charge in [-0.3, -0.25) is 23.5 Å². The zero-order chi connectivity index (χ0) is 25.4. The van der Waals surface area contributed by atoms with Gasteiger partial charge in [0, 0.05) is 30.5 Å². The Bertz CT molecular complexity index is 1350. The van der Waals surface area contributed by atoms with Crippen molar-refractivity contribution in [3.8, 4) is 11.3 Å². The summed E-state index contributed by atoms with van der Waals surface area (Å²) in [6.07, 6.45) is 0.230. The normalized spacial score (nSPS) is 11.5. The van der Waals surface area contributed by atoms with E-state index in [1.807, 2.05) is 6.07 Å². The fourth-order valence-corrected chi connectivity index (χ4v) is 3.93. The van der Waals surface area contributed by atoms with Gasteiger partial charge in [0.1, 0.15) is 0 Å². The van der Waals surface area contributed by atoms with E-state index >= 15 is 0 Å². The highest BCUT2D eigenvalue weighted by atomic mass is 35.5. The topological polar surface area (TPSA) is 103 Å². The molecule has 1 atom stereocenters. The van der Waals surface area contributed by atoms with E-state index in [-0.39, 0.29) is 25.9 Å². The van der Waals surface area contributed by atoms with Crippen molar-refractivity contribution in [2.24, 2.45) is 5.92 Å². The van der Waals surface area contributed by atoms with Crippen molar-refractivity contribution >= 4 is 23.4 Å². The van der Waals surface area contributed by atoms with Crippen molar-refractivity contribution in [1.82, 2.24) is 9.13 Å². The zero-order valence-electron chi connectivity index (χ0n) is 18.9. The first-order chi connectivity index (χ1) is 16.8. The van der Waals surface area contributed by atoms with E-state index in [0.29, 0.717) is 22.7 Å². The number of halogens is 1. The maximum absolute atomic E-state index is 13.2. The maximum Gasteiger partial charge on any atom is 0.331 e. The first kappa shape index (κ1) is 25.7. The van der Waals surface area contributed by atoms with Crippen LogP contribution in [0, 0.1) is 12.5 Å². The Labute approximate surface area is 206 Å². The number of nitrogens with zero attached hydrogens (tertiary/aromatic N) is 3. The van der Waals surface area contributed by atoms with Crippen LogP contribution in [0.1, 0.15) is 18.4 Å². The quantitative estimate of drug-likeness (QED) is 0.325. The van der Waals surface area contributed by atoms with E-state index in [4.69, 9.17) is 18.2 Å². The number of ketones is 1. The minimum Gasteiger partial charge on any atom is -0.481 e. The van der Waals surface area contributed by atoms with Gasteiger partial charge in [0.2, 0.25) is 6.54 Å². The van der Waals surface area contributed by atoms with Gasteiger partial charge >= 0.3 is 11.7 Å². The van der Waals surface area contributed by atoms with Crippen LogP contribution < -0.4 is 11.2 Å². The highest BCUT2D eigenvalue weighted by Gasteiger charge is 2.23. The average Bonchev–Trinajstić information content (AvgIpc) is 2.84. The summed E-state index contributed by atoms with van der Waals surface area (Å²) in [5.74, 6) is -2.63. The van der Waals surface area contributed by atoms with Gasteiger partial charge in [-0.05, 0) is 29.7 Å². The van der Waals surface area contributed by atoms with Crippen molar-refractivity contribution in [1.29, 1.82) is 0 Å². The van der Waals surface area contributed by atoms with E-state index in [1.54, 1.807) is 48.5 Å². The molecule has 0 fully saturated rings. The number of hydrogen-bond acceptors (Lipinski definition) is 4. The number of aliphatic carboxylic acids is 1. The zero-order valence-corrected chi connectivity index (χ0v) is 19.6. The van der Waals surface area contributed by atoms with Crippen molar-refractivity contribution in [3.05, 3.63) is 104 Å². The van der Waals surface area contributed by atoms with E-state index in [0.717, 1.165) is 10.1 Å². The van der Waals surface area contributed by atoms with Crippen LogP contribution in [0.2, 0.25) is 5.02 Å². The molecule has 0 spiro atoms. The lowest BCUT2D eigenvalue weighted by molar-refractivity contribution is -0.143. The SMILES string of the molecule is [C-]#[N+]CCCn1c(-c2ccc(Cl)cc2)cc(=O)n(CC(=O)CC(Cc2ccccc2)C(=O)O)c1=O. The minimum absolute atomic E-state index is 0.160. The molecule has 0 radical (unpaired) electrons. The van der Waals surface area contributed by atoms with Gasteiger partial charge in [0.15, 0.2) is 5.78 Å². The molecule has 8 nitrogen and oxygen atoms in total. The number of carboxylic acids is 1. The summed E-state index contributed by atoms with van der Waals surface area (Å²) in [6, 6.07) is 16.9. The second-order valence-electron chi connectivity index (χ2n) is 8.10. The Morgan fingerprint density at radius 3 is 2.34 bits per heavy atom. The molecule has 2 aromatic carbocycles. The number of benzene rings is 2. The molecule has 9 heteroatoms. The molecule has 0 aliphatic carbocycles. The van der Waals surface area contributed by atoms with Gasteiger partial charge in [-0.25, -0.2) is 11.4 Å². The molecule has 0 saturated heterocycles. The summed E-state index contributed by atoms with van der Waals surface area (Å²) in [4.78, 5) is 53.9. The molecule has 35 heavy (non-hydrogen) atoms. The predicted octanol–water partition coefficient (Wildman–Crippen LogP) is 3.54. The maximum atomic E-state index is 13.2. The molecule has 1 aromatic heterocycles. The van der Waals surface area contributed by atoms with Crippen LogP contribution in [0.15, 0.2) is 70.3 Å². The Kier molecular flexibility index (Phi) is 8.76. The monoisotopic (exact) mass is 493 g/mol. The van der Waals surface area contributed by atoms with Gasteiger partial charge in [0.05, 0.1) is 18.2 Å². The van der Waals surface area contributed by atoms with Gasteiger partial charge in [-0.15, -0.1) is 0 Å². The second-order valence-corrected chi connectivity index (χ2v) is 8.53. The standard InChI is InChI=1S/C26H24ClN3O5/c1-28-12-5-13-29-23(19-8-10-21(27)11-9-19)16-24(32)30(26(29)35)17-22(31)15-20(25(33)34)14-18-6-3-2-4-7-18/h2-4,6-11,16,20H,5,12-15,17H2,(H,33,34). The molecule has 180 valence electrons. The van der Waals surface area contributed by atoms with Crippen LogP contribution in [0.5, 0.6) is 0 Å². The molecule has 0 amide bonds. The van der Waals surface area contributed by atoms with Crippen molar-refractivity contribution < 1.29 is 14.7 Å². The summed E-state index contributed by atoms with van der Waals surface area (Å²) in [7, 11) is 0. The highest BCUT2D eigenvalue weighted by Crippen LogP contribution is 2.20. The first-order valence-corrected chi connectivity index (χ1v) is 11.4. The molecule has 3 rings (SSSR count). The number of carbonyl (C=O) groups excluding carboxylic acids is 1. The number of carboxylic acid groups (broad SMARTS) is 1. The molecular formula is C26H24ClN3O5. The van der Waals surface area contributed by atoms with Crippen LogP contribution in [0.25, 0.3) is 16.1 Å². The van der Waals surface area contributed by atoms with Crippen LogP contribution >= 0.6 is 11.6 Å². The van der Waals surface area contributed by atoms with Gasteiger partial charge in [-0.1, -0.05) is 54.1 Å². The molecule has 0 aliphatic heterocycles. The van der Waals surface area contributed by atoms with E-state index in [9.17, 15) is 24.3 Å². The lowest BCUT2D eigenvalue weighted by Crippen LogP contribution is -2.42. The third kappa shape index (κ3) is 6.78. The lowest BCUT2D eigenvalue weighted by Gasteiger charge is -2.16. The number of aromatic nitrogens is 2. The number of Topliss-reactive ketones (excluding diaryl/α,β-unsaturated/α-hetero) is 1. The van der Waals surface area contributed by atoms with Gasteiger partial charge in [-0.2, -0.15) is 0 Å². The summed E-state index contributed by atoms with van der Waals surface area (Å²) >= 11 is 5.95. The fraction of sp³-hybridized carbons (Fsp3) is 0.269. The average molecular weight is 494 g/mol. The third-order valence-corrected chi connectivity index (χ3v) is 5.81. The summed E-state index contributed by atoms with van der Waals surface area (Å²) < 4.78 is 2.18. The lowest BCUT2D eigenvalue weighted by atomic mass is 9.94. The largest absolute Gasteiger partial charge is 0.481 e. The second kappa shape index (κ2) is 12.0. The van der Waals surface area contributed by atoms with Crippen LogP contribution in [-0.2, 0) is 29.1 Å². The van der Waals surface area contributed by atoms with Gasteiger partial charge < -0.3 is 9.95 Å². The molecule has 1 unspecified atom stereocenters. The van der Waals surface area contributed by atoms with E-state index in [2.05, 4.69) is 4.85 Å².